The number of imidazole rings is 1. The molecule has 0 bridgehead atoms. The van der Waals surface area contributed by atoms with Gasteiger partial charge in [-0.05, 0) is 89.7 Å². The summed E-state index contributed by atoms with van der Waals surface area (Å²) in [6, 6.07) is 7.60. The third-order valence-corrected chi connectivity index (χ3v) is 9.34. The molecule has 3 heterocycles. The van der Waals surface area contributed by atoms with E-state index in [-0.39, 0.29) is 24.9 Å². The van der Waals surface area contributed by atoms with E-state index in [0.717, 1.165) is 47.8 Å². The highest BCUT2D eigenvalue weighted by Crippen LogP contribution is 2.46. The van der Waals surface area contributed by atoms with Crippen molar-refractivity contribution in [1.29, 1.82) is 0 Å². The number of piperazine rings is 1. The summed E-state index contributed by atoms with van der Waals surface area (Å²) in [5.41, 5.74) is 4.56. The Hall–Kier alpha value is -2.24. The lowest BCUT2D eigenvalue weighted by atomic mass is 9.82. The average Bonchev–Trinajstić information content (AvgIpc) is 3.53. The monoisotopic (exact) mass is 626 g/mol. The van der Waals surface area contributed by atoms with Gasteiger partial charge >= 0.3 is 7.05 Å². The Balaban J connectivity index is 0.00000323. The van der Waals surface area contributed by atoms with Gasteiger partial charge in [0.05, 0.1) is 18.1 Å². The molecule has 212 valence electrons. The molecule has 6 rings (SSSR count). The van der Waals surface area contributed by atoms with E-state index in [0.29, 0.717) is 31.2 Å². The van der Waals surface area contributed by atoms with Crippen molar-refractivity contribution in [3.05, 3.63) is 81.1 Å². The Morgan fingerprint density at radius 3 is 2.77 bits per heavy atom. The Bertz CT molecular complexity index is 1300. The molecule has 1 amide bonds. The number of nitrogens with one attached hydrogen (secondary N) is 1. The molecule has 0 radical (unpaired) electrons. The van der Waals surface area contributed by atoms with Gasteiger partial charge < -0.3 is 19.7 Å². The molecule has 2 aliphatic carbocycles. The van der Waals surface area contributed by atoms with Crippen LogP contribution in [0.15, 0.2) is 53.7 Å². The number of fused-ring (bicyclic) bond motifs is 2. The molecule has 3 aliphatic rings. The third kappa shape index (κ3) is 5.74. The fourth-order valence-corrected chi connectivity index (χ4v) is 6.88. The van der Waals surface area contributed by atoms with Gasteiger partial charge in [0.2, 0.25) is 5.91 Å². The van der Waals surface area contributed by atoms with E-state index in [1.54, 1.807) is 6.82 Å². The van der Waals surface area contributed by atoms with Crippen LogP contribution in [0.25, 0.3) is 0 Å². The van der Waals surface area contributed by atoms with Crippen molar-refractivity contribution >= 4 is 40.5 Å². The highest BCUT2D eigenvalue weighted by Gasteiger charge is 2.45. The summed E-state index contributed by atoms with van der Waals surface area (Å²) in [6.07, 6.45) is 12.3. The fourth-order valence-electron chi connectivity index (χ4n) is 6.31. The molecule has 8 nitrogen and oxygen atoms in total. The molecule has 11 heteroatoms. The first-order chi connectivity index (χ1) is 18.8. The quantitative estimate of drug-likeness (QED) is 0.380. The van der Waals surface area contributed by atoms with Gasteiger partial charge in [0.1, 0.15) is 6.04 Å². The van der Waals surface area contributed by atoms with Crippen molar-refractivity contribution in [3.8, 4) is 0 Å². The normalized spacial score (nSPS) is 21.9. The summed E-state index contributed by atoms with van der Waals surface area (Å²) in [7, 11) is -0.625. The number of rotatable bonds is 7. The van der Waals surface area contributed by atoms with Crippen LogP contribution in [0.5, 0.6) is 0 Å². The molecule has 1 aliphatic heterocycles. The van der Waals surface area contributed by atoms with Crippen LogP contribution >= 0.6 is 27.5 Å². The SMILES string of the molecule is C.CB(O)N1CCN(C2c3ccc(Cl)cc3CCc3cc(Br)cnc32)[C@@H](C(=O)NCCC2(n3ccnc3)CC2)C1. The number of aromatic nitrogens is 3. The van der Waals surface area contributed by atoms with Crippen molar-refractivity contribution in [1.82, 2.24) is 29.6 Å². The van der Waals surface area contributed by atoms with E-state index in [1.165, 1.54) is 11.1 Å². The smallest absolute Gasteiger partial charge is 0.376 e. The van der Waals surface area contributed by atoms with E-state index in [4.69, 9.17) is 16.6 Å². The lowest BCUT2D eigenvalue weighted by molar-refractivity contribution is -0.129. The van der Waals surface area contributed by atoms with Crippen LogP contribution in [0.3, 0.4) is 0 Å². The lowest BCUT2D eigenvalue weighted by Gasteiger charge is -2.45. The van der Waals surface area contributed by atoms with Gasteiger partial charge in [-0.1, -0.05) is 25.1 Å². The van der Waals surface area contributed by atoms with Crippen molar-refractivity contribution in [2.24, 2.45) is 0 Å². The highest BCUT2D eigenvalue weighted by molar-refractivity contribution is 9.10. The number of benzene rings is 1. The second kappa shape index (κ2) is 11.9. The first kappa shape index (κ1) is 29.3. The van der Waals surface area contributed by atoms with E-state index < -0.39 is 13.1 Å². The molecule has 1 aromatic carbocycles. The second-order valence-corrected chi connectivity index (χ2v) is 12.4. The van der Waals surface area contributed by atoms with Gasteiger partial charge in [-0.2, -0.15) is 0 Å². The number of nitrogens with zero attached hydrogens (tertiary/aromatic N) is 5. The van der Waals surface area contributed by atoms with Gasteiger partial charge in [-0.3, -0.25) is 14.7 Å². The van der Waals surface area contributed by atoms with Gasteiger partial charge in [-0.25, -0.2) is 4.98 Å². The van der Waals surface area contributed by atoms with Crippen molar-refractivity contribution < 1.29 is 9.82 Å². The number of pyridine rings is 1. The number of hydrogen-bond acceptors (Lipinski definition) is 6. The molecule has 1 unspecified atom stereocenters. The molecule has 2 aromatic heterocycles. The molecule has 3 aromatic rings. The second-order valence-electron chi connectivity index (χ2n) is 11.1. The maximum atomic E-state index is 13.9. The van der Waals surface area contributed by atoms with Crippen molar-refractivity contribution in [3.63, 3.8) is 0 Å². The first-order valence-corrected chi connectivity index (χ1v) is 14.9. The Morgan fingerprint density at radius 1 is 1.25 bits per heavy atom. The van der Waals surface area contributed by atoms with Crippen LogP contribution < -0.4 is 5.32 Å². The molecule has 2 atom stereocenters. The molecule has 1 saturated heterocycles. The topological polar surface area (TPSA) is 86.5 Å². The van der Waals surface area contributed by atoms with Gasteiger partial charge in [0.15, 0.2) is 0 Å². The van der Waals surface area contributed by atoms with Crippen molar-refractivity contribution in [2.45, 2.75) is 64.0 Å². The minimum absolute atomic E-state index is 0. The third-order valence-electron chi connectivity index (χ3n) is 8.68. The number of carbonyl (C=O) groups excluding carboxylic acids is 1. The fraction of sp³-hybridized carbons (Fsp3) is 0.483. The molecule has 0 spiro atoms. The van der Waals surface area contributed by atoms with Crippen LogP contribution in [0.2, 0.25) is 11.8 Å². The summed E-state index contributed by atoms with van der Waals surface area (Å²) in [5, 5.41) is 14.4. The number of halogens is 2. The van der Waals surface area contributed by atoms with Gasteiger partial charge in [-0.15, -0.1) is 0 Å². The van der Waals surface area contributed by atoms with Gasteiger partial charge in [0.25, 0.3) is 0 Å². The Labute approximate surface area is 250 Å². The first-order valence-electron chi connectivity index (χ1n) is 13.7. The molecule has 2 fully saturated rings. The minimum atomic E-state index is -0.625. The highest BCUT2D eigenvalue weighted by atomic mass is 79.9. The molecular weight excluding hydrogens is 591 g/mol. The summed E-state index contributed by atoms with van der Waals surface area (Å²) in [4.78, 5) is 27.3. The molecule has 2 N–H and O–H groups in total. The van der Waals surface area contributed by atoms with E-state index in [2.05, 4.69) is 53.9 Å². The van der Waals surface area contributed by atoms with Crippen molar-refractivity contribution in [2.75, 3.05) is 26.2 Å². The van der Waals surface area contributed by atoms with Crippen LogP contribution in [-0.4, -0.2) is 74.4 Å². The minimum Gasteiger partial charge on any atom is -0.437 e. The number of amides is 1. The predicted molar refractivity (Wildman–Crippen MR) is 162 cm³/mol. The maximum absolute atomic E-state index is 13.9. The number of aryl methyl sites for hydroxylation is 2. The number of hydrogen-bond donors (Lipinski definition) is 2. The zero-order chi connectivity index (χ0) is 27.1. The van der Waals surface area contributed by atoms with Crippen LogP contribution in [0, 0.1) is 0 Å². The Kier molecular flexibility index (Phi) is 8.73. The molecule has 1 saturated carbocycles. The largest absolute Gasteiger partial charge is 0.437 e. The summed E-state index contributed by atoms with van der Waals surface area (Å²) >= 11 is 10.0. The Morgan fingerprint density at radius 2 is 2.05 bits per heavy atom. The zero-order valence-electron chi connectivity index (χ0n) is 22.1. The lowest BCUT2D eigenvalue weighted by Crippen LogP contribution is -2.62. The van der Waals surface area contributed by atoms with Crippen LogP contribution in [0.1, 0.15) is 55.1 Å². The molecular formula is C29H37BBrClN6O2. The maximum Gasteiger partial charge on any atom is 0.376 e. The molecule has 40 heavy (non-hydrogen) atoms. The average molecular weight is 628 g/mol. The summed E-state index contributed by atoms with van der Waals surface area (Å²) in [5.74, 6) is -0.0137. The summed E-state index contributed by atoms with van der Waals surface area (Å²) < 4.78 is 3.12. The van der Waals surface area contributed by atoms with E-state index in [1.807, 2.05) is 35.8 Å². The predicted octanol–water partition coefficient (Wildman–Crippen LogP) is 4.31. The van der Waals surface area contributed by atoms with Crippen LogP contribution in [0.4, 0.5) is 0 Å². The van der Waals surface area contributed by atoms with E-state index >= 15 is 0 Å². The van der Waals surface area contributed by atoms with E-state index in [9.17, 15) is 9.82 Å². The van der Waals surface area contributed by atoms with Gasteiger partial charge in [0, 0.05) is 59.8 Å². The zero-order valence-corrected chi connectivity index (χ0v) is 24.4. The standard InChI is InChI=1S/C28H33BBrClN6O2.CH4/c1-29(39)36-12-13-37(24(17-36)27(38)33-9-8-28(6-7-28)35-11-10-32-18-35)26-23-5-4-22(31)15-19(23)2-3-20-14-21(30)16-34-25(20)26;/h4-5,10-11,14-16,18,24,26,39H,2-3,6-9,12-13,17H2,1H3,(H,33,38);1H4/t24-,26?;/m1./s1. The van der Waals surface area contributed by atoms with Crippen LogP contribution in [-0.2, 0) is 23.2 Å². The summed E-state index contributed by atoms with van der Waals surface area (Å²) in [6.45, 7) is 4.10. The number of carbonyl (C=O) groups is 1.